The Kier molecular flexibility index (Phi) is 3.85. The topological polar surface area (TPSA) is 92.0 Å². The highest BCUT2D eigenvalue weighted by Crippen LogP contribution is 2.18. The summed E-state index contributed by atoms with van der Waals surface area (Å²) < 4.78 is 1.35. The Hall–Kier alpha value is -2.70. The number of amides is 1. The number of likely N-dealkylation sites (tertiary alicyclic amines) is 1. The molecule has 0 radical (unpaired) electrons. The number of carbonyl (C=O) groups is 2. The third-order valence-corrected chi connectivity index (χ3v) is 4.14. The van der Waals surface area contributed by atoms with E-state index in [9.17, 15) is 14.4 Å². The molecule has 0 bridgehead atoms. The van der Waals surface area contributed by atoms with Crippen LogP contribution in [0.25, 0.3) is 5.65 Å². The molecule has 23 heavy (non-hydrogen) atoms. The molecule has 1 N–H and O–H groups in total. The van der Waals surface area contributed by atoms with Crippen molar-refractivity contribution in [2.75, 3.05) is 13.1 Å². The van der Waals surface area contributed by atoms with E-state index in [2.05, 4.69) is 4.98 Å². The van der Waals surface area contributed by atoms with Crippen molar-refractivity contribution in [3.05, 3.63) is 46.0 Å². The second kappa shape index (κ2) is 5.83. The summed E-state index contributed by atoms with van der Waals surface area (Å²) in [5.41, 5.74) is 0.898. The van der Waals surface area contributed by atoms with Crippen molar-refractivity contribution in [3.8, 4) is 0 Å². The number of hydrogen-bond acceptors (Lipinski definition) is 4. The van der Waals surface area contributed by atoms with Crippen molar-refractivity contribution < 1.29 is 14.7 Å². The van der Waals surface area contributed by atoms with Crippen molar-refractivity contribution in [3.63, 3.8) is 0 Å². The second-order valence-electron chi connectivity index (χ2n) is 5.84. The Labute approximate surface area is 132 Å². The SMILES string of the molecule is Cc1ccc2ncc(C(=O)N3CCC[C@H](C(=O)O)C3)c(=O)n2c1. The van der Waals surface area contributed by atoms with Crippen molar-refractivity contribution in [2.45, 2.75) is 19.8 Å². The molecule has 3 heterocycles. The minimum Gasteiger partial charge on any atom is -0.481 e. The molecule has 7 heteroatoms. The molecule has 0 aliphatic carbocycles. The minimum absolute atomic E-state index is 0.0286. The molecule has 0 saturated carbocycles. The van der Waals surface area contributed by atoms with Gasteiger partial charge >= 0.3 is 5.97 Å². The Morgan fingerprint density at radius 1 is 1.35 bits per heavy atom. The van der Waals surface area contributed by atoms with Gasteiger partial charge in [0.1, 0.15) is 11.2 Å². The monoisotopic (exact) mass is 315 g/mol. The first kappa shape index (κ1) is 15.2. The third-order valence-electron chi connectivity index (χ3n) is 4.14. The van der Waals surface area contributed by atoms with Crippen LogP contribution in [0.1, 0.15) is 28.8 Å². The number of rotatable bonds is 2. The van der Waals surface area contributed by atoms with E-state index in [1.54, 1.807) is 12.3 Å². The number of piperidine rings is 1. The Morgan fingerprint density at radius 2 is 2.13 bits per heavy atom. The predicted molar refractivity (Wildman–Crippen MR) is 82.5 cm³/mol. The van der Waals surface area contributed by atoms with Gasteiger partial charge in [0.2, 0.25) is 0 Å². The maximum absolute atomic E-state index is 12.6. The molecule has 1 aliphatic heterocycles. The number of aliphatic carboxylic acids is 1. The van der Waals surface area contributed by atoms with Gasteiger partial charge in [-0.2, -0.15) is 0 Å². The van der Waals surface area contributed by atoms with Crippen molar-refractivity contribution >= 4 is 17.5 Å². The van der Waals surface area contributed by atoms with Crippen molar-refractivity contribution in [2.24, 2.45) is 5.92 Å². The van der Waals surface area contributed by atoms with Gasteiger partial charge in [0.25, 0.3) is 11.5 Å². The van der Waals surface area contributed by atoms with Crippen LogP contribution in [0.3, 0.4) is 0 Å². The molecular weight excluding hydrogens is 298 g/mol. The highest BCUT2D eigenvalue weighted by Gasteiger charge is 2.30. The maximum Gasteiger partial charge on any atom is 0.308 e. The van der Waals surface area contributed by atoms with Crippen molar-refractivity contribution in [1.82, 2.24) is 14.3 Å². The van der Waals surface area contributed by atoms with Crippen LogP contribution >= 0.6 is 0 Å². The highest BCUT2D eigenvalue weighted by atomic mass is 16.4. The van der Waals surface area contributed by atoms with E-state index in [0.717, 1.165) is 5.56 Å². The summed E-state index contributed by atoms with van der Waals surface area (Å²) in [6, 6.07) is 3.55. The minimum atomic E-state index is -0.911. The van der Waals surface area contributed by atoms with Gasteiger partial charge in [0, 0.05) is 25.5 Å². The first-order chi connectivity index (χ1) is 11.0. The Morgan fingerprint density at radius 3 is 2.87 bits per heavy atom. The van der Waals surface area contributed by atoms with E-state index in [0.29, 0.717) is 25.0 Å². The summed E-state index contributed by atoms with van der Waals surface area (Å²) in [6.45, 7) is 2.44. The lowest BCUT2D eigenvalue weighted by Gasteiger charge is -2.30. The summed E-state index contributed by atoms with van der Waals surface area (Å²) in [5, 5.41) is 9.12. The van der Waals surface area contributed by atoms with E-state index in [4.69, 9.17) is 5.11 Å². The number of aryl methyl sites for hydroxylation is 1. The number of carboxylic acids is 1. The number of pyridine rings is 1. The van der Waals surface area contributed by atoms with E-state index < -0.39 is 23.4 Å². The normalized spacial score (nSPS) is 18.1. The summed E-state index contributed by atoms with van der Waals surface area (Å²) in [5.74, 6) is -1.94. The fourth-order valence-corrected chi connectivity index (χ4v) is 2.86. The number of aromatic nitrogens is 2. The number of carboxylic acid groups (broad SMARTS) is 1. The van der Waals surface area contributed by atoms with Gasteiger partial charge in [0.15, 0.2) is 0 Å². The summed E-state index contributed by atoms with van der Waals surface area (Å²) in [4.78, 5) is 41.8. The smallest absolute Gasteiger partial charge is 0.308 e. The Balaban J connectivity index is 1.96. The summed E-state index contributed by atoms with van der Waals surface area (Å²) in [6.07, 6.45) is 4.08. The van der Waals surface area contributed by atoms with Gasteiger partial charge < -0.3 is 10.0 Å². The first-order valence-corrected chi connectivity index (χ1v) is 7.47. The fourth-order valence-electron chi connectivity index (χ4n) is 2.86. The van der Waals surface area contributed by atoms with Crippen LogP contribution in [0, 0.1) is 12.8 Å². The number of carbonyl (C=O) groups excluding carboxylic acids is 1. The van der Waals surface area contributed by atoms with Gasteiger partial charge in [-0.25, -0.2) is 4.98 Å². The summed E-state index contributed by atoms with van der Waals surface area (Å²) in [7, 11) is 0. The zero-order valence-electron chi connectivity index (χ0n) is 12.7. The van der Waals surface area contributed by atoms with E-state index >= 15 is 0 Å². The average Bonchev–Trinajstić information content (AvgIpc) is 2.55. The molecule has 0 aromatic carbocycles. The lowest BCUT2D eigenvalue weighted by Crippen LogP contribution is -2.44. The largest absolute Gasteiger partial charge is 0.481 e. The van der Waals surface area contributed by atoms with E-state index in [1.165, 1.54) is 15.5 Å². The van der Waals surface area contributed by atoms with Gasteiger partial charge in [0.05, 0.1) is 5.92 Å². The van der Waals surface area contributed by atoms with Gasteiger partial charge in [-0.15, -0.1) is 0 Å². The highest BCUT2D eigenvalue weighted by molar-refractivity contribution is 5.94. The first-order valence-electron chi connectivity index (χ1n) is 7.47. The molecule has 1 aliphatic rings. The van der Waals surface area contributed by atoms with E-state index in [1.807, 2.05) is 13.0 Å². The van der Waals surface area contributed by atoms with Gasteiger partial charge in [-0.3, -0.25) is 18.8 Å². The maximum atomic E-state index is 12.6. The van der Waals surface area contributed by atoms with Gasteiger partial charge in [-0.05, 0) is 31.4 Å². The molecule has 1 atom stereocenters. The van der Waals surface area contributed by atoms with Crippen molar-refractivity contribution in [1.29, 1.82) is 0 Å². The zero-order valence-corrected chi connectivity index (χ0v) is 12.7. The quantitative estimate of drug-likeness (QED) is 0.890. The second-order valence-corrected chi connectivity index (χ2v) is 5.84. The number of fused-ring (bicyclic) bond motifs is 1. The molecule has 120 valence electrons. The standard InChI is InChI=1S/C16H17N3O4/c1-10-4-5-13-17-7-12(15(21)19(13)8-10)14(20)18-6-2-3-11(9-18)16(22)23/h4-5,7-8,11H,2-3,6,9H2,1H3,(H,22,23)/t11-/m0/s1. The van der Waals surface area contributed by atoms with E-state index in [-0.39, 0.29) is 12.1 Å². The zero-order chi connectivity index (χ0) is 16.6. The predicted octanol–water partition coefficient (Wildman–Crippen LogP) is 0.940. The molecule has 2 aromatic rings. The van der Waals surface area contributed by atoms with Crippen LogP contribution in [-0.4, -0.2) is 44.4 Å². The lowest BCUT2D eigenvalue weighted by atomic mass is 9.98. The van der Waals surface area contributed by atoms with Crippen LogP contribution < -0.4 is 5.56 Å². The molecule has 1 fully saturated rings. The van der Waals surface area contributed by atoms with Crippen LogP contribution in [0.2, 0.25) is 0 Å². The van der Waals surface area contributed by atoms with Crippen LogP contribution in [0.15, 0.2) is 29.3 Å². The summed E-state index contributed by atoms with van der Waals surface area (Å²) >= 11 is 0. The molecular formula is C16H17N3O4. The van der Waals surface area contributed by atoms with Crippen LogP contribution in [0.4, 0.5) is 0 Å². The molecule has 3 rings (SSSR count). The number of nitrogens with zero attached hydrogens (tertiary/aromatic N) is 3. The molecule has 1 saturated heterocycles. The fraction of sp³-hybridized carbons (Fsp3) is 0.375. The van der Waals surface area contributed by atoms with Crippen LogP contribution in [-0.2, 0) is 4.79 Å². The van der Waals surface area contributed by atoms with Crippen LogP contribution in [0.5, 0.6) is 0 Å². The Bertz CT molecular complexity index is 843. The molecule has 1 amide bonds. The van der Waals surface area contributed by atoms with Gasteiger partial charge in [-0.1, -0.05) is 6.07 Å². The number of hydrogen-bond donors (Lipinski definition) is 1. The molecule has 0 spiro atoms. The molecule has 7 nitrogen and oxygen atoms in total. The average molecular weight is 315 g/mol. The molecule has 0 unspecified atom stereocenters. The third kappa shape index (κ3) is 2.81. The molecule has 2 aromatic heterocycles. The lowest BCUT2D eigenvalue weighted by molar-refractivity contribution is -0.143.